The number of hydrogen-bond donors (Lipinski definition) is 1. The smallest absolute Gasteiger partial charge is 0.192 e. The second kappa shape index (κ2) is 3.88. The van der Waals surface area contributed by atoms with Crippen LogP contribution in [-0.2, 0) is 4.57 Å². The van der Waals surface area contributed by atoms with Gasteiger partial charge in [-0.3, -0.25) is 4.57 Å². The molecule has 0 radical (unpaired) electrons. The van der Waals surface area contributed by atoms with Crippen molar-refractivity contribution in [2.45, 2.75) is 13.8 Å². The molecule has 0 aromatic rings. The Hall–Kier alpha value is -0.0700. The highest BCUT2D eigenvalue weighted by Gasteiger charge is 1.84. The molecule has 2 nitrogen and oxygen atoms in total. The summed E-state index contributed by atoms with van der Waals surface area (Å²) < 4.78 is 10.0. The number of rotatable bonds is 2. The van der Waals surface area contributed by atoms with E-state index in [0.717, 1.165) is 5.57 Å². The Morgan fingerprint density at radius 1 is 1.75 bits per heavy atom. The fourth-order valence-corrected chi connectivity index (χ4v) is 0.874. The molecule has 0 aliphatic rings. The second-order valence-electron chi connectivity index (χ2n) is 1.88. The zero-order valence-corrected chi connectivity index (χ0v) is 6.14. The van der Waals surface area contributed by atoms with Gasteiger partial charge in [-0.05, 0) is 13.8 Å². The van der Waals surface area contributed by atoms with Crippen LogP contribution in [0.5, 0.6) is 0 Å². The van der Waals surface area contributed by atoms with Gasteiger partial charge in [-0.15, -0.1) is 0 Å². The van der Waals surface area contributed by atoms with Gasteiger partial charge in [0.05, 0.1) is 0 Å². The summed E-state index contributed by atoms with van der Waals surface area (Å²) in [5.74, 6) is 0. The molecule has 0 rings (SSSR count). The van der Waals surface area contributed by atoms with E-state index in [-0.39, 0.29) is 0 Å². The number of allylic oxidation sites excluding steroid dienone is 2. The highest BCUT2D eigenvalue weighted by atomic mass is 31.1. The monoisotopic (exact) mass is 134 g/mol. The molecule has 0 aliphatic heterocycles. The Bertz CT molecular complexity index is 114. The molecule has 0 saturated heterocycles. The first-order valence-electron chi connectivity index (χ1n) is 2.48. The molecule has 1 atom stereocenters. The highest BCUT2D eigenvalue weighted by Crippen LogP contribution is 2.12. The maximum Gasteiger partial charge on any atom is 0.192 e. The summed E-state index contributed by atoms with van der Waals surface area (Å²) in [4.78, 5) is 8.30. The molecule has 0 aromatic carbocycles. The molecule has 0 spiro atoms. The third kappa shape index (κ3) is 5.93. The van der Waals surface area contributed by atoms with E-state index < -0.39 is 8.03 Å². The SMILES string of the molecule is CC(C)=CC[PH](=O)O. The predicted octanol–water partition coefficient (Wildman–Crippen LogP) is 1.42. The highest BCUT2D eigenvalue weighted by molar-refractivity contribution is 7.38. The molecule has 3 heteroatoms. The van der Waals surface area contributed by atoms with E-state index in [0.29, 0.717) is 6.16 Å². The number of hydrogen-bond acceptors (Lipinski definition) is 1. The van der Waals surface area contributed by atoms with E-state index in [2.05, 4.69) is 0 Å². The van der Waals surface area contributed by atoms with E-state index in [1.807, 2.05) is 13.8 Å². The van der Waals surface area contributed by atoms with E-state index in [1.165, 1.54) is 0 Å². The van der Waals surface area contributed by atoms with Gasteiger partial charge in [0, 0.05) is 6.16 Å². The Labute approximate surface area is 50.1 Å². The van der Waals surface area contributed by atoms with Crippen molar-refractivity contribution in [1.82, 2.24) is 0 Å². The van der Waals surface area contributed by atoms with Crippen LogP contribution in [0.25, 0.3) is 0 Å². The van der Waals surface area contributed by atoms with Gasteiger partial charge in [0.1, 0.15) is 0 Å². The summed E-state index contributed by atoms with van der Waals surface area (Å²) in [7, 11) is -2.26. The summed E-state index contributed by atoms with van der Waals surface area (Å²) in [6.45, 7) is 3.82. The first kappa shape index (κ1) is 7.93. The molecule has 0 saturated carbocycles. The molecule has 0 bridgehead atoms. The molecule has 0 amide bonds. The zero-order chi connectivity index (χ0) is 6.57. The van der Waals surface area contributed by atoms with Crippen molar-refractivity contribution >= 4 is 8.03 Å². The lowest BCUT2D eigenvalue weighted by Gasteiger charge is -1.86. The molecule has 0 aromatic heterocycles. The van der Waals surface area contributed by atoms with Gasteiger partial charge in [-0.25, -0.2) is 0 Å². The van der Waals surface area contributed by atoms with Gasteiger partial charge in [0.2, 0.25) is 0 Å². The second-order valence-corrected chi connectivity index (χ2v) is 3.08. The molecule has 0 aliphatic carbocycles. The van der Waals surface area contributed by atoms with Crippen molar-refractivity contribution in [3.63, 3.8) is 0 Å². The van der Waals surface area contributed by atoms with Crippen molar-refractivity contribution in [3.05, 3.63) is 11.6 Å². The minimum absolute atomic E-state index is 0.326. The Balaban J connectivity index is 3.45. The van der Waals surface area contributed by atoms with Gasteiger partial charge in [0.15, 0.2) is 8.03 Å². The lowest BCUT2D eigenvalue weighted by atomic mass is 10.3. The fraction of sp³-hybridized carbons (Fsp3) is 0.600. The molecular weight excluding hydrogens is 123 g/mol. The molecule has 1 unspecified atom stereocenters. The van der Waals surface area contributed by atoms with Crippen LogP contribution in [0.4, 0.5) is 0 Å². The summed E-state index contributed by atoms with van der Waals surface area (Å²) in [6.07, 6.45) is 2.09. The van der Waals surface area contributed by atoms with E-state index >= 15 is 0 Å². The van der Waals surface area contributed by atoms with Crippen LogP contribution < -0.4 is 0 Å². The first-order chi connectivity index (χ1) is 3.63. The van der Waals surface area contributed by atoms with Crippen LogP contribution in [-0.4, -0.2) is 11.1 Å². The van der Waals surface area contributed by atoms with Gasteiger partial charge in [-0.1, -0.05) is 11.6 Å². The molecule has 8 heavy (non-hydrogen) atoms. The maximum absolute atomic E-state index is 10.0. The largest absolute Gasteiger partial charge is 0.346 e. The summed E-state index contributed by atoms with van der Waals surface area (Å²) in [5.41, 5.74) is 1.09. The molecule has 1 N–H and O–H groups in total. The standard InChI is InChI=1S/C5H11O2P/c1-5(2)3-4-8(6)7/h3,8H,4H2,1-2H3,(H,6,7). The molecule has 0 fully saturated rings. The van der Waals surface area contributed by atoms with Gasteiger partial charge < -0.3 is 4.89 Å². The van der Waals surface area contributed by atoms with Crippen LogP contribution in [0.2, 0.25) is 0 Å². The van der Waals surface area contributed by atoms with E-state index in [1.54, 1.807) is 6.08 Å². The van der Waals surface area contributed by atoms with Crippen molar-refractivity contribution in [1.29, 1.82) is 0 Å². The van der Waals surface area contributed by atoms with Crippen molar-refractivity contribution in [2.24, 2.45) is 0 Å². The zero-order valence-electron chi connectivity index (χ0n) is 5.14. The normalized spacial score (nSPS) is 12.9. The van der Waals surface area contributed by atoms with Crippen molar-refractivity contribution < 1.29 is 9.46 Å². The van der Waals surface area contributed by atoms with Crippen LogP contribution >= 0.6 is 8.03 Å². The average molecular weight is 134 g/mol. The van der Waals surface area contributed by atoms with Crippen molar-refractivity contribution in [3.8, 4) is 0 Å². The van der Waals surface area contributed by atoms with Gasteiger partial charge in [0.25, 0.3) is 0 Å². The average Bonchev–Trinajstić information content (AvgIpc) is 1.61. The van der Waals surface area contributed by atoms with Crippen LogP contribution in [0.15, 0.2) is 11.6 Å². The predicted molar refractivity (Wildman–Crippen MR) is 35.5 cm³/mol. The third-order valence-electron chi connectivity index (χ3n) is 0.685. The molecule has 48 valence electrons. The Morgan fingerprint density at radius 2 is 2.25 bits per heavy atom. The van der Waals surface area contributed by atoms with Gasteiger partial charge >= 0.3 is 0 Å². The lowest BCUT2D eigenvalue weighted by molar-refractivity contribution is 0.506. The summed E-state index contributed by atoms with van der Waals surface area (Å²) >= 11 is 0. The van der Waals surface area contributed by atoms with Crippen LogP contribution in [0.3, 0.4) is 0 Å². The summed E-state index contributed by atoms with van der Waals surface area (Å²) in [5, 5.41) is 0. The van der Waals surface area contributed by atoms with E-state index in [9.17, 15) is 4.57 Å². The van der Waals surface area contributed by atoms with Gasteiger partial charge in [-0.2, -0.15) is 0 Å². The fourth-order valence-electron chi connectivity index (χ4n) is 0.291. The molecular formula is C5H11O2P. The van der Waals surface area contributed by atoms with Crippen LogP contribution in [0.1, 0.15) is 13.8 Å². The Morgan fingerprint density at radius 3 is 2.38 bits per heavy atom. The third-order valence-corrected chi connectivity index (χ3v) is 1.24. The maximum atomic E-state index is 10.0. The quantitative estimate of drug-likeness (QED) is 0.458. The topological polar surface area (TPSA) is 37.3 Å². The van der Waals surface area contributed by atoms with E-state index in [4.69, 9.17) is 4.89 Å². The van der Waals surface area contributed by atoms with Crippen molar-refractivity contribution in [2.75, 3.05) is 6.16 Å². The lowest BCUT2D eigenvalue weighted by Crippen LogP contribution is -1.69. The minimum Gasteiger partial charge on any atom is -0.346 e. The van der Waals surface area contributed by atoms with Crippen LogP contribution in [0, 0.1) is 0 Å². The Kier molecular flexibility index (Phi) is 3.84. The first-order valence-corrected chi connectivity index (χ1v) is 4.04. The minimum atomic E-state index is -2.26. The molecule has 0 heterocycles. The summed E-state index contributed by atoms with van der Waals surface area (Å²) in [6, 6.07) is 0.